The van der Waals surface area contributed by atoms with Gasteiger partial charge in [-0.3, -0.25) is 0 Å². The number of benzene rings is 1. The molecule has 0 aliphatic rings. The Morgan fingerprint density at radius 3 is 2.84 bits per heavy atom. The van der Waals surface area contributed by atoms with E-state index < -0.39 is 0 Å². The van der Waals surface area contributed by atoms with Crippen LogP contribution < -0.4 is 5.84 Å². The van der Waals surface area contributed by atoms with Gasteiger partial charge in [-0.2, -0.15) is 0 Å². The fourth-order valence-corrected chi connectivity index (χ4v) is 3.35. The van der Waals surface area contributed by atoms with Crippen LogP contribution in [0.2, 0.25) is 0 Å². The average Bonchev–Trinajstić information content (AvgIpc) is 3.35. The van der Waals surface area contributed by atoms with Crippen LogP contribution in [0.25, 0.3) is 33.7 Å². The van der Waals surface area contributed by atoms with E-state index in [-0.39, 0.29) is 0 Å². The van der Waals surface area contributed by atoms with Gasteiger partial charge in [0, 0.05) is 5.39 Å². The van der Waals surface area contributed by atoms with E-state index in [1.165, 1.54) is 22.8 Å². The summed E-state index contributed by atoms with van der Waals surface area (Å²) in [7, 11) is 0. The second-order valence-corrected chi connectivity index (χ2v) is 6.17. The third-order valence-corrected chi connectivity index (χ3v) is 4.66. The second kappa shape index (κ2) is 5.35. The molecule has 25 heavy (non-hydrogen) atoms. The molecule has 0 spiro atoms. The van der Waals surface area contributed by atoms with Crippen LogP contribution >= 0.6 is 11.8 Å². The number of furan rings is 2. The standard InChI is InChI=1S/C16H10N6O2S/c17-22-14(11-6-3-7-23-11)20-21-16(22)25-15-13-12(18-8-19-15)9-4-1-2-5-10(9)24-13/h1-8H,17H2. The molecule has 4 heterocycles. The van der Waals surface area contributed by atoms with Gasteiger partial charge in [0.05, 0.1) is 6.26 Å². The summed E-state index contributed by atoms with van der Waals surface area (Å²) in [6.45, 7) is 0. The third kappa shape index (κ3) is 2.17. The quantitative estimate of drug-likeness (QED) is 0.390. The van der Waals surface area contributed by atoms with Crippen molar-refractivity contribution >= 4 is 33.8 Å². The Morgan fingerprint density at radius 1 is 1.04 bits per heavy atom. The first kappa shape index (κ1) is 14.1. The molecule has 5 aromatic rings. The molecule has 9 heteroatoms. The highest BCUT2D eigenvalue weighted by Crippen LogP contribution is 2.35. The summed E-state index contributed by atoms with van der Waals surface area (Å²) in [6, 6.07) is 11.2. The predicted molar refractivity (Wildman–Crippen MR) is 91.3 cm³/mol. The molecular formula is C16H10N6O2S. The zero-order valence-electron chi connectivity index (χ0n) is 12.7. The van der Waals surface area contributed by atoms with Crippen molar-refractivity contribution in [1.82, 2.24) is 24.8 Å². The van der Waals surface area contributed by atoms with E-state index in [1.807, 2.05) is 24.3 Å². The smallest absolute Gasteiger partial charge is 0.218 e. The van der Waals surface area contributed by atoms with E-state index in [0.717, 1.165) is 16.5 Å². The highest BCUT2D eigenvalue weighted by Gasteiger charge is 2.19. The first-order valence-corrected chi connectivity index (χ1v) is 8.17. The number of para-hydroxylation sites is 1. The highest BCUT2D eigenvalue weighted by molar-refractivity contribution is 7.99. The summed E-state index contributed by atoms with van der Waals surface area (Å²) in [5.41, 5.74) is 2.10. The van der Waals surface area contributed by atoms with Gasteiger partial charge in [-0.25, -0.2) is 14.6 Å². The van der Waals surface area contributed by atoms with Gasteiger partial charge < -0.3 is 14.7 Å². The number of rotatable bonds is 3. The van der Waals surface area contributed by atoms with Gasteiger partial charge in [-0.15, -0.1) is 10.2 Å². The van der Waals surface area contributed by atoms with E-state index in [1.54, 1.807) is 18.4 Å². The summed E-state index contributed by atoms with van der Waals surface area (Å²) >= 11 is 1.25. The molecule has 1 aromatic carbocycles. The summed E-state index contributed by atoms with van der Waals surface area (Å²) < 4.78 is 12.6. The maximum atomic E-state index is 6.10. The van der Waals surface area contributed by atoms with Crippen molar-refractivity contribution in [2.24, 2.45) is 0 Å². The molecule has 0 saturated heterocycles. The number of hydrogen-bond donors (Lipinski definition) is 1. The highest BCUT2D eigenvalue weighted by atomic mass is 32.2. The van der Waals surface area contributed by atoms with E-state index in [2.05, 4.69) is 20.2 Å². The molecule has 5 rings (SSSR count). The lowest BCUT2D eigenvalue weighted by atomic mass is 10.2. The minimum Gasteiger partial charge on any atom is -0.461 e. The fraction of sp³-hybridized carbons (Fsp3) is 0. The molecule has 0 fully saturated rings. The van der Waals surface area contributed by atoms with Crippen molar-refractivity contribution in [2.45, 2.75) is 10.2 Å². The minimum atomic E-state index is 0.433. The number of hydrogen-bond acceptors (Lipinski definition) is 8. The van der Waals surface area contributed by atoms with Crippen LogP contribution in [-0.4, -0.2) is 24.8 Å². The SMILES string of the molecule is Nn1c(Sc2ncnc3c2oc2ccccc23)nnc1-c1ccco1. The van der Waals surface area contributed by atoms with Gasteiger partial charge in [-0.1, -0.05) is 12.1 Å². The van der Waals surface area contributed by atoms with Crippen LogP contribution in [0, 0.1) is 0 Å². The van der Waals surface area contributed by atoms with Gasteiger partial charge in [0.15, 0.2) is 16.4 Å². The normalized spacial score (nSPS) is 11.5. The molecule has 122 valence electrons. The van der Waals surface area contributed by atoms with Gasteiger partial charge in [0.2, 0.25) is 11.0 Å². The van der Waals surface area contributed by atoms with Gasteiger partial charge >= 0.3 is 0 Å². The molecule has 0 amide bonds. The van der Waals surface area contributed by atoms with Crippen molar-refractivity contribution in [1.29, 1.82) is 0 Å². The monoisotopic (exact) mass is 350 g/mol. The lowest BCUT2D eigenvalue weighted by Crippen LogP contribution is -2.11. The van der Waals surface area contributed by atoms with Crippen molar-refractivity contribution < 1.29 is 8.83 Å². The Hall–Kier alpha value is -3.33. The summed E-state index contributed by atoms with van der Waals surface area (Å²) in [6.07, 6.45) is 3.05. The molecule has 0 unspecified atom stereocenters. The van der Waals surface area contributed by atoms with Crippen LogP contribution in [0.15, 0.2) is 68.0 Å². The first-order valence-electron chi connectivity index (χ1n) is 7.36. The van der Waals surface area contributed by atoms with Crippen molar-refractivity contribution in [3.8, 4) is 11.6 Å². The largest absolute Gasteiger partial charge is 0.461 e. The van der Waals surface area contributed by atoms with Crippen molar-refractivity contribution in [2.75, 3.05) is 5.84 Å². The molecule has 0 radical (unpaired) electrons. The molecule has 0 bridgehead atoms. The van der Waals surface area contributed by atoms with Crippen LogP contribution in [0.4, 0.5) is 0 Å². The Morgan fingerprint density at radius 2 is 1.96 bits per heavy atom. The maximum absolute atomic E-state index is 6.10. The van der Waals surface area contributed by atoms with Crippen LogP contribution in [0.3, 0.4) is 0 Å². The summed E-state index contributed by atoms with van der Waals surface area (Å²) in [5, 5.41) is 10.2. The molecule has 0 aliphatic heterocycles. The van der Waals surface area contributed by atoms with E-state index in [4.69, 9.17) is 14.7 Å². The molecule has 0 aliphatic carbocycles. The second-order valence-electron chi connectivity index (χ2n) is 5.21. The Labute approximate surface area is 144 Å². The predicted octanol–water partition coefficient (Wildman–Crippen LogP) is 3.09. The van der Waals surface area contributed by atoms with Gasteiger partial charge in [0.25, 0.3) is 0 Å². The Bertz CT molecular complexity index is 1190. The Kier molecular flexibility index (Phi) is 3.01. The summed E-state index contributed by atoms with van der Waals surface area (Å²) in [4.78, 5) is 8.64. The first-order chi connectivity index (χ1) is 12.3. The van der Waals surface area contributed by atoms with Crippen molar-refractivity contribution in [3.63, 3.8) is 0 Å². The Balaban J connectivity index is 1.61. The molecule has 0 atom stereocenters. The third-order valence-electron chi connectivity index (χ3n) is 3.72. The number of nitrogens with two attached hydrogens (primary N) is 1. The number of fused-ring (bicyclic) bond motifs is 3. The average molecular weight is 350 g/mol. The lowest BCUT2D eigenvalue weighted by Gasteiger charge is -2.01. The summed E-state index contributed by atoms with van der Waals surface area (Å²) in [5.74, 6) is 7.07. The van der Waals surface area contributed by atoms with Crippen LogP contribution in [0.5, 0.6) is 0 Å². The molecule has 8 nitrogen and oxygen atoms in total. The number of aromatic nitrogens is 5. The molecule has 2 N–H and O–H groups in total. The van der Waals surface area contributed by atoms with Crippen molar-refractivity contribution in [3.05, 3.63) is 49.0 Å². The number of nitrogen functional groups attached to an aromatic ring is 1. The van der Waals surface area contributed by atoms with Crippen LogP contribution in [0.1, 0.15) is 0 Å². The zero-order valence-corrected chi connectivity index (χ0v) is 13.5. The van der Waals surface area contributed by atoms with Gasteiger partial charge in [-0.05, 0) is 36.0 Å². The maximum Gasteiger partial charge on any atom is 0.218 e. The number of nitrogens with zero attached hydrogens (tertiary/aromatic N) is 5. The molecule has 0 saturated carbocycles. The molecular weight excluding hydrogens is 340 g/mol. The fourth-order valence-electron chi connectivity index (χ4n) is 2.58. The zero-order chi connectivity index (χ0) is 16.8. The topological polar surface area (TPSA) is 109 Å². The van der Waals surface area contributed by atoms with Gasteiger partial charge in [0.1, 0.15) is 17.4 Å². The van der Waals surface area contributed by atoms with E-state index >= 15 is 0 Å². The lowest BCUT2D eigenvalue weighted by molar-refractivity contribution is 0.574. The van der Waals surface area contributed by atoms with Crippen LogP contribution in [-0.2, 0) is 0 Å². The minimum absolute atomic E-state index is 0.433. The molecule has 4 aromatic heterocycles. The van der Waals surface area contributed by atoms with E-state index in [9.17, 15) is 0 Å². The van der Waals surface area contributed by atoms with E-state index in [0.29, 0.717) is 27.4 Å².